The SMILES string of the molecule is CC/C=C\C/C=C\C/C=C\C/C=C\CCC(=O)OCC(COC(=O)CCCCCCCCCCCCCCCCCCCCCCCCCCCCCCC)OC(=O)CCCCCCCCCCCCCCCCCCCCCCCCC. The number of carbonyl (C=O) groups is 3. The third-order valence-electron chi connectivity index (χ3n) is 16.9. The number of hydrogen-bond donors (Lipinski definition) is 0. The average Bonchev–Trinajstić information content (AvgIpc) is 3.49. The lowest BCUT2D eigenvalue weighted by molar-refractivity contribution is -0.166. The Morgan fingerprint density at radius 3 is 0.735 bits per heavy atom. The van der Waals surface area contributed by atoms with E-state index in [1.807, 2.05) is 6.08 Å². The third-order valence-corrected chi connectivity index (χ3v) is 16.9. The van der Waals surface area contributed by atoms with Crippen molar-refractivity contribution in [1.29, 1.82) is 0 Å². The molecule has 486 valence electrons. The zero-order chi connectivity index (χ0) is 59.9. The van der Waals surface area contributed by atoms with Crippen LogP contribution in [0.25, 0.3) is 0 Å². The number of carbonyl (C=O) groups excluding carboxylic acids is 3. The van der Waals surface area contributed by atoms with Crippen LogP contribution in [0.1, 0.15) is 406 Å². The van der Waals surface area contributed by atoms with Crippen LogP contribution in [-0.4, -0.2) is 37.2 Å². The fourth-order valence-electron chi connectivity index (χ4n) is 11.3. The topological polar surface area (TPSA) is 78.9 Å². The van der Waals surface area contributed by atoms with Gasteiger partial charge in [0.05, 0.1) is 0 Å². The molecule has 0 rings (SSSR count). The quantitative estimate of drug-likeness (QED) is 0.0261. The number of rotatable bonds is 69. The van der Waals surface area contributed by atoms with Gasteiger partial charge >= 0.3 is 17.9 Å². The Hall–Kier alpha value is -2.63. The molecule has 6 nitrogen and oxygen atoms in total. The molecule has 0 radical (unpaired) electrons. The molecule has 0 bridgehead atoms. The second-order valence-corrected chi connectivity index (χ2v) is 25.2. The molecule has 1 unspecified atom stereocenters. The van der Waals surface area contributed by atoms with Crippen LogP contribution in [0, 0.1) is 0 Å². The van der Waals surface area contributed by atoms with Crippen molar-refractivity contribution < 1.29 is 28.6 Å². The first kappa shape index (κ1) is 80.4. The maximum absolute atomic E-state index is 13.0. The highest BCUT2D eigenvalue weighted by atomic mass is 16.6. The van der Waals surface area contributed by atoms with Gasteiger partial charge in [-0.15, -0.1) is 0 Å². The van der Waals surface area contributed by atoms with Gasteiger partial charge in [0.25, 0.3) is 0 Å². The number of unbranched alkanes of at least 4 members (excludes halogenated alkanes) is 50. The maximum Gasteiger partial charge on any atom is 0.306 e. The normalized spacial score (nSPS) is 12.3. The Kier molecular flexibility index (Phi) is 69.6. The molecular formula is C77H142O6. The van der Waals surface area contributed by atoms with Crippen LogP contribution in [0.5, 0.6) is 0 Å². The minimum Gasteiger partial charge on any atom is -0.462 e. The zero-order valence-corrected chi connectivity index (χ0v) is 56.0. The second kappa shape index (κ2) is 71.8. The van der Waals surface area contributed by atoms with Gasteiger partial charge < -0.3 is 14.2 Å². The van der Waals surface area contributed by atoms with Crippen molar-refractivity contribution in [1.82, 2.24) is 0 Å². The molecule has 0 saturated heterocycles. The van der Waals surface area contributed by atoms with E-state index in [0.29, 0.717) is 19.3 Å². The summed E-state index contributed by atoms with van der Waals surface area (Å²) in [4.78, 5) is 38.4. The van der Waals surface area contributed by atoms with Crippen LogP contribution in [0.3, 0.4) is 0 Å². The van der Waals surface area contributed by atoms with Gasteiger partial charge in [-0.25, -0.2) is 0 Å². The number of esters is 3. The van der Waals surface area contributed by atoms with Crippen molar-refractivity contribution in [2.45, 2.75) is 412 Å². The van der Waals surface area contributed by atoms with E-state index in [-0.39, 0.29) is 37.5 Å². The van der Waals surface area contributed by atoms with E-state index in [0.717, 1.165) is 64.2 Å². The average molecular weight is 1160 g/mol. The first-order valence-electron chi connectivity index (χ1n) is 37.1. The van der Waals surface area contributed by atoms with Crippen molar-refractivity contribution in [2.24, 2.45) is 0 Å². The monoisotopic (exact) mass is 1160 g/mol. The molecule has 0 N–H and O–H groups in total. The molecule has 0 aliphatic heterocycles. The highest BCUT2D eigenvalue weighted by molar-refractivity contribution is 5.71. The van der Waals surface area contributed by atoms with Crippen molar-refractivity contribution in [3.63, 3.8) is 0 Å². The minimum absolute atomic E-state index is 0.0896. The van der Waals surface area contributed by atoms with E-state index < -0.39 is 6.10 Å². The Morgan fingerprint density at radius 2 is 0.470 bits per heavy atom. The van der Waals surface area contributed by atoms with Gasteiger partial charge in [-0.2, -0.15) is 0 Å². The smallest absolute Gasteiger partial charge is 0.306 e. The van der Waals surface area contributed by atoms with Gasteiger partial charge in [0, 0.05) is 19.3 Å². The summed E-state index contributed by atoms with van der Waals surface area (Å²) in [6.45, 7) is 6.54. The van der Waals surface area contributed by atoms with Crippen molar-refractivity contribution >= 4 is 17.9 Å². The minimum atomic E-state index is -0.800. The second-order valence-electron chi connectivity index (χ2n) is 25.2. The Morgan fingerprint density at radius 1 is 0.253 bits per heavy atom. The summed E-state index contributed by atoms with van der Waals surface area (Å²) < 4.78 is 16.9. The Labute approximate surface area is 518 Å². The van der Waals surface area contributed by atoms with Crippen LogP contribution >= 0.6 is 0 Å². The fraction of sp³-hybridized carbons (Fsp3) is 0.857. The predicted octanol–water partition coefficient (Wildman–Crippen LogP) is 25.7. The lowest BCUT2D eigenvalue weighted by Crippen LogP contribution is -2.30. The van der Waals surface area contributed by atoms with E-state index in [2.05, 4.69) is 63.3 Å². The lowest BCUT2D eigenvalue weighted by atomic mass is 10.0. The van der Waals surface area contributed by atoms with Gasteiger partial charge in [-0.05, 0) is 44.9 Å². The standard InChI is InChI=1S/C77H142O6/c1-4-7-10-13-16-19-22-25-27-29-31-33-35-36-37-38-39-40-42-43-45-47-49-52-55-58-61-64-67-70-76(79)82-73-74(72-81-75(78)69-66-63-60-57-54-51-24-21-18-15-12-9-6-3)83-77(80)71-68-65-62-59-56-53-50-48-46-44-41-34-32-30-28-26-23-20-17-14-11-8-5-2/h9,12,18,21,51,54,60,63,74H,4-8,10-11,13-17,19-20,22-50,52-53,55-59,61-62,64-73H2,1-3H3/b12-9-,21-18-,54-51-,63-60-. The summed E-state index contributed by atoms with van der Waals surface area (Å²) in [5.74, 6) is -0.946. The largest absolute Gasteiger partial charge is 0.462 e. The van der Waals surface area contributed by atoms with Crippen LogP contribution in [-0.2, 0) is 28.6 Å². The van der Waals surface area contributed by atoms with Crippen LogP contribution in [0.2, 0.25) is 0 Å². The molecule has 0 fully saturated rings. The molecular weight excluding hydrogens is 1020 g/mol. The summed E-state index contributed by atoms with van der Waals surface area (Å²) in [6, 6.07) is 0. The van der Waals surface area contributed by atoms with Crippen molar-refractivity contribution in [3.05, 3.63) is 48.6 Å². The summed E-state index contributed by atoms with van der Waals surface area (Å²) in [7, 11) is 0. The summed E-state index contributed by atoms with van der Waals surface area (Å²) in [5.41, 5.74) is 0. The van der Waals surface area contributed by atoms with E-state index >= 15 is 0 Å². The molecule has 0 heterocycles. The lowest BCUT2D eigenvalue weighted by Gasteiger charge is -2.18. The summed E-state index contributed by atoms with van der Waals surface area (Å²) in [6.07, 6.45) is 91.9. The van der Waals surface area contributed by atoms with E-state index in [9.17, 15) is 14.4 Å². The zero-order valence-electron chi connectivity index (χ0n) is 56.0. The van der Waals surface area contributed by atoms with Gasteiger partial charge in [0.1, 0.15) is 13.2 Å². The number of hydrogen-bond acceptors (Lipinski definition) is 6. The molecule has 0 aliphatic rings. The fourth-order valence-corrected chi connectivity index (χ4v) is 11.3. The molecule has 83 heavy (non-hydrogen) atoms. The third kappa shape index (κ3) is 70.0. The Bertz CT molecular complexity index is 1430. The molecule has 0 aliphatic carbocycles. The predicted molar refractivity (Wildman–Crippen MR) is 362 cm³/mol. The number of allylic oxidation sites excluding steroid dienone is 8. The summed E-state index contributed by atoms with van der Waals surface area (Å²) in [5, 5.41) is 0. The van der Waals surface area contributed by atoms with Crippen LogP contribution in [0.15, 0.2) is 48.6 Å². The van der Waals surface area contributed by atoms with Crippen molar-refractivity contribution in [3.8, 4) is 0 Å². The van der Waals surface area contributed by atoms with E-state index in [4.69, 9.17) is 14.2 Å². The van der Waals surface area contributed by atoms with Gasteiger partial charge in [-0.3, -0.25) is 14.4 Å². The van der Waals surface area contributed by atoms with Gasteiger partial charge in [0.2, 0.25) is 0 Å². The van der Waals surface area contributed by atoms with Crippen LogP contribution < -0.4 is 0 Å². The first-order chi connectivity index (χ1) is 41.0. The molecule has 0 aromatic carbocycles. The van der Waals surface area contributed by atoms with Crippen LogP contribution in [0.4, 0.5) is 0 Å². The van der Waals surface area contributed by atoms with Gasteiger partial charge in [0.15, 0.2) is 6.10 Å². The molecule has 6 heteroatoms. The van der Waals surface area contributed by atoms with Crippen molar-refractivity contribution in [2.75, 3.05) is 13.2 Å². The molecule has 0 aromatic heterocycles. The molecule has 0 amide bonds. The molecule has 1 atom stereocenters. The van der Waals surface area contributed by atoms with Gasteiger partial charge in [-0.1, -0.05) is 390 Å². The first-order valence-corrected chi connectivity index (χ1v) is 37.1. The highest BCUT2D eigenvalue weighted by Crippen LogP contribution is 2.19. The van der Waals surface area contributed by atoms with E-state index in [1.54, 1.807) is 0 Å². The molecule has 0 aromatic rings. The maximum atomic E-state index is 13.0. The Balaban J connectivity index is 4.19. The highest BCUT2D eigenvalue weighted by Gasteiger charge is 2.19. The van der Waals surface area contributed by atoms with E-state index in [1.165, 1.54) is 295 Å². The molecule has 0 spiro atoms. The molecule has 0 saturated carbocycles. The summed E-state index contributed by atoms with van der Waals surface area (Å²) >= 11 is 0. The number of ether oxygens (including phenoxy) is 3.